The lowest BCUT2D eigenvalue weighted by Crippen LogP contribution is -2.21. The molecule has 1 aromatic rings. The van der Waals surface area contributed by atoms with Crippen molar-refractivity contribution in [3.63, 3.8) is 0 Å². The van der Waals surface area contributed by atoms with Crippen LogP contribution in [0.25, 0.3) is 24.8 Å². The Morgan fingerprint density at radius 1 is 1.17 bits per heavy atom. The zero-order valence-corrected chi connectivity index (χ0v) is 10.2. The summed E-state index contributed by atoms with van der Waals surface area (Å²) in [6.07, 6.45) is 11.3. The molecule has 1 N–H and O–H groups in total. The quantitative estimate of drug-likeness (QED) is 0.762. The fourth-order valence-electron chi connectivity index (χ4n) is 1.54. The minimum absolute atomic E-state index is 0.403. The van der Waals surface area contributed by atoms with Crippen LogP contribution in [0.5, 0.6) is 0 Å². The van der Waals surface area contributed by atoms with E-state index >= 15 is 0 Å². The first-order chi connectivity index (χ1) is 8.63. The zero-order valence-electron chi connectivity index (χ0n) is 10.2. The van der Waals surface area contributed by atoms with Crippen LogP contribution in [0.1, 0.15) is 11.3 Å². The number of hydrogen-bond donors (Lipinski definition) is 1. The van der Waals surface area contributed by atoms with Gasteiger partial charge in [-0.3, -0.25) is 0 Å². The van der Waals surface area contributed by atoms with E-state index in [0.717, 1.165) is 17.0 Å². The van der Waals surface area contributed by atoms with Crippen molar-refractivity contribution in [2.45, 2.75) is 0 Å². The Labute approximate surface area is 106 Å². The van der Waals surface area contributed by atoms with Gasteiger partial charge in [0.1, 0.15) is 5.83 Å². The Morgan fingerprint density at radius 2 is 1.89 bits per heavy atom. The van der Waals surface area contributed by atoms with E-state index in [0.29, 0.717) is 10.9 Å². The maximum absolute atomic E-state index is 13.3. The maximum Gasteiger partial charge on any atom is 0.123 e. The van der Waals surface area contributed by atoms with Crippen LogP contribution in [-0.4, -0.2) is 4.98 Å². The Bertz CT molecular complexity index is 627. The fraction of sp³-hybridized carbons (Fsp3) is 0. The molecular weight excluding hydrogens is 225 g/mol. The zero-order chi connectivity index (χ0) is 13.5. The summed E-state index contributed by atoms with van der Waals surface area (Å²) < 4.78 is 13.3. The van der Waals surface area contributed by atoms with E-state index in [4.69, 9.17) is 0 Å². The minimum atomic E-state index is -0.403. The number of nitrogens with one attached hydrogen (secondary N) is 1. The van der Waals surface area contributed by atoms with Crippen LogP contribution in [0.15, 0.2) is 49.9 Å². The third-order valence-electron chi connectivity index (χ3n) is 2.38. The van der Waals surface area contributed by atoms with Crippen molar-refractivity contribution in [1.82, 2.24) is 4.98 Å². The second kappa shape index (κ2) is 6.40. The SMILES string of the molecule is C=C/C=C\C=c1\c(/C=C(/F)C=C)c(C=C)[nH]c1=C. The van der Waals surface area contributed by atoms with Gasteiger partial charge >= 0.3 is 0 Å². The Hall–Kier alpha value is -2.35. The number of aromatic amines is 1. The lowest BCUT2D eigenvalue weighted by molar-refractivity contribution is 0.675. The normalized spacial score (nSPS) is 12.9. The summed E-state index contributed by atoms with van der Waals surface area (Å²) in [7, 11) is 0. The highest BCUT2D eigenvalue weighted by Crippen LogP contribution is 2.09. The number of halogens is 1. The van der Waals surface area contributed by atoms with E-state index < -0.39 is 5.83 Å². The highest BCUT2D eigenvalue weighted by Gasteiger charge is 2.03. The summed E-state index contributed by atoms with van der Waals surface area (Å²) in [5, 5.41) is 1.53. The second-order valence-corrected chi connectivity index (χ2v) is 3.57. The molecule has 0 radical (unpaired) electrons. The fourth-order valence-corrected chi connectivity index (χ4v) is 1.54. The number of H-pyrrole nitrogens is 1. The largest absolute Gasteiger partial charge is 0.355 e. The number of allylic oxidation sites excluding steroid dienone is 5. The van der Waals surface area contributed by atoms with Crippen molar-refractivity contribution in [3.05, 3.63) is 71.7 Å². The topological polar surface area (TPSA) is 15.8 Å². The molecule has 92 valence electrons. The molecule has 0 bridgehead atoms. The van der Waals surface area contributed by atoms with Gasteiger partial charge in [-0.25, -0.2) is 4.39 Å². The van der Waals surface area contributed by atoms with Crippen LogP contribution in [0.4, 0.5) is 4.39 Å². The standard InChI is InChI=1S/C16H16FN/c1-5-8-9-10-14-12(4)18-16(7-3)15(14)11-13(17)6-2/h5-11,18H,1-4H2/b9-8-,13-11+,14-10+. The molecule has 0 atom stereocenters. The lowest BCUT2D eigenvalue weighted by atomic mass is 10.1. The van der Waals surface area contributed by atoms with Gasteiger partial charge in [-0.2, -0.15) is 0 Å². The highest BCUT2D eigenvalue weighted by molar-refractivity contribution is 5.66. The third kappa shape index (κ3) is 3.08. The molecule has 0 saturated heterocycles. The van der Waals surface area contributed by atoms with Gasteiger partial charge in [-0.05, 0) is 18.2 Å². The van der Waals surface area contributed by atoms with Gasteiger partial charge < -0.3 is 4.98 Å². The van der Waals surface area contributed by atoms with Gasteiger partial charge in [-0.1, -0.05) is 50.6 Å². The van der Waals surface area contributed by atoms with Crippen LogP contribution >= 0.6 is 0 Å². The first kappa shape index (κ1) is 13.7. The van der Waals surface area contributed by atoms with E-state index in [-0.39, 0.29) is 0 Å². The van der Waals surface area contributed by atoms with E-state index in [1.807, 2.05) is 12.2 Å². The van der Waals surface area contributed by atoms with Gasteiger partial charge in [0, 0.05) is 21.8 Å². The summed E-state index contributed by atoms with van der Waals surface area (Å²) >= 11 is 0. The molecule has 1 aromatic heterocycles. The second-order valence-electron chi connectivity index (χ2n) is 3.57. The predicted molar refractivity (Wildman–Crippen MR) is 78.7 cm³/mol. The Kier molecular flexibility index (Phi) is 4.88. The molecule has 0 unspecified atom stereocenters. The molecule has 0 spiro atoms. The van der Waals surface area contributed by atoms with Crippen molar-refractivity contribution < 1.29 is 4.39 Å². The summed E-state index contributed by atoms with van der Waals surface area (Å²) in [4.78, 5) is 3.05. The van der Waals surface area contributed by atoms with E-state index in [1.54, 1.807) is 18.2 Å². The number of aromatic nitrogens is 1. The van der Waals surface area contributed by atoms with Gasteiger partial charge in [-0.15, -0.1) is 0 Å². The van der Waals surface area contributed by atoms with E-state index in [2.05, 4.69) is 31.3 Å². The maximum atomic E-state index is 13.3. The monoisotopic (exact) mass is 241 g/mol. The summed E-state index contributed by atoms with van der Waals surface area (Å²) in [6, 6.07) is 0. The molecule has 18 heavy (non-hydrogen) atoms. The van der Waals surface area contributed by atoms with Gasteiger partial charge in [0.05, 0.1) is 0 Å². The third-order valence-corrected chi connectivity index (χ3v) is 2.38. The molecule has 0 aromatic carbocycles. The molecule has 0 aliphatic carbocycles. The molecule has 0 aliphatic heterocycles. The van der Waals surface area contributed by atoms with Crippen molar-refractivity contribution in [3.8, 4) is 0 Å². The first-order valence-corrected chi connectivity index (χ1v) is 5.46. The summed E-state index contributed by atoms with van der Waals surface area (Å²) in [5.74, 6) is -0.403. The molecule has 0 amide bonds. The smallest absolute Gasteiger partial charge is 0.123 e. The van der Waals surface area contributed by atoms with Crippen molar-refractivity contribution >= 4 is 24.8 Å². The van der Waals surface area contributed by atoms with Crippen LogP contribution in [0, 0.1) is 0 Å². The van der Waals surface area contributed by atoms with Crippen LogP contribution in [0.3, 0.4) is 0 Å². The van der Waals surface area contributed by atoms with E-state index in [1.165, 1.54) is 6.08 Å². The number of hydrogen-bond acceptors (Lipinski definition) is 0. The summed E-state index contributed by atoms with van der Waals surface area (Å²) in [6.45, 7) is 14.6. The number of rotatable bonds is 5. The lowest BCUT2D eigenvalue weighted by Gasteiger charge is -1.92. The minimum Gasteiger partial charge on any atom is -0.355 e. The van der Waals surface area contributed by atoms with Crippen LogP contribution < -0.4 is 10.6 Å². The van der Waals surface area contributed by atoms with Crippen molar-refractivity contribution in [2.24, 2.45) is 0 Å². The van der Waals surface area contributed by atoms with Crippen LogP contribution in [-0.2, 0) is 0 Å². The highest BCUT2D eigenvalue weighted by atomic mass is 19.1. The molecular formula is C16H16FN. The van der Waals surface area contributed by atoms with Crippen LogP contribution in [0.2, 0.25) is 0 Å². The summed E-state index contributed by atoms with van der Waals surface area (Å²) in [5.41, 5.74) is 1.44. The van der Waals surface area contributed by atoms with E-state index in [9.17, 15) is 4.39 Å². The average molecular weight is 241 g/mol. The first-order valence-electron chi connectivity index (χ1n) is 5.46. The predicted octanol–water partition coefficient (Wildman–Crippen LogP) is 3.09. The van der Waals surface area contributed by atoms with Gasteiger partial charge in [0.15, 0.2) is 0 Å². The average Bonchev–Trinajstić information content (AvgIpc) is 2.66. The molecule has 0 saturated carbocycles. The van der Waals surface area contributed by atoms with Crippen molar-refractivity contribution in [2.75, 3.05) is 0 Å². The Balaban J connectivity index is 3.55. The van der Waals surface area contributed by atoms with Gasteiger partial charge in [0.25, 0.3) is 0 Å². The molecule has 1 heterocycles. The molecule has 1 rings (SSSR count). The molecule has 2 heteroatoms. The molecule has 1 nitrogen and oxygen atoms in total. The van der Waals surface area contributed by atoms with Gasteiger partial charge in [0.2, 0.25) is 0 Å². The molecule has 0 fully saturated rings. The molecule has 0 aliphatic rings. The Morgan fingerprint density at radius 3 is 2.44 bits per heavy atom. The van der Waals surface area contributed by atoms with Crippen molar-refractivity contribution in [1.29, 1.82) is 0 Å².